The van der Waals surface area contributed by atoms with Gasteiger partial charge in [0, 0.05) is 19.8 Å². The predicted molar refractivity (Wildman–Crippen MR) is 73.3 cm³/mol. The van der Waals surface area contributed by atoms with Gasteiger partial charge in [0.1, 0.15) is 0 Å². The summed E-state index contributed by atoms with van der Waals surface area (Å²) in [6.07, 6.45) is 3.03. The zero-order valence-electron chi connectivity index (χ0n) is 11.3. The quantitative estimate of drug-likeness (QED) is 0.737. The summed E-state index contributed by atoms with van der Waals surface area (Å²) in [5.74, 6) is 0.597. The molecule has 0 spiro atoms. The van der Waals surface area contributed by atoms with Gasteiger partial charge in [0.2, 0.25) is 0 Å². The average molecular weight is 235 g/mol. The van der Waals surface area contributed by atoms with Crippen LogP contribution in [0.15, 0.2) is 24.3 Å². The van der Waals surface area contributed by atoms with Crippen molar-refractivity contribution in [2.45, 2.75) is 45.1 Å². The number of hydrogen-bond acceptors (Lipinski definition) is 2. The Kier molecular flexibility index (Phi) is 6.23. The number of ether oxygens (including phenoxy) is 1. The Morgan fingerprint density at radius 1 is 1.18 bits per heavy atom. The molecule has 0 saturated carbocycles. The molecule has 1 atom stereocenters. The monoisotopic (exact) mass is 235 g/mol. The summed E-state index contributed by atoms with van der Waals surface area (Å²) in [5.41, 5.74) is 8.81. The van der Waals surface area contributed by atoms with Crippen molar-refractivity contribution in [3.63, 3.8) is 0 Å². The summed E-state index contributed by atoms with van der Waals surface area (Å²) in [6, 6.07) is 9.07. The van der Waals surface area contributed by atoms with E-state index in [9.17, 15) is 0 Å². The summed E-state index contributed by atoms with van der Waals surface area (Å²) < 4.78 is 5.03. The fourth-order valence-electron chi connectivity index (χ4n) is 1.93. The zero-order valence-corrected chi connectivity index (χ0v) is 11.3. The zero-order chi connectivity index (χ0) is 12.7. The molecule has 0 amide bonds. The maximum atomic E-state index is 6.09. The smallest absolute Gasteiger partial charge is 0.0462 e. The first-order valence-corrected chi connectivity index (χ1v) is 6.47. The van der Waals surface area contributed by atoms with Gasteiger partial charge in [0.15, 0.2) is 0 Å². The Morgan fingerprint density at radius 3 is 2.35 bits per heavy atom. The fraction of sp³-hybridized carbons (Fsp3) is 0.600. The van der Waals surface area contributed by atoms with Crippen LogP contribution in [0.1, 0.15) is 43.7 Å². The molecule has 0 aliphatic heterocycles. The van der Waals surface area contributed by atoms with E-state index in [4.69, 9.17) is 10.5 Å². The molecule has 0 heterocycles. The van der Waals surface area contributed by atoms with Crippen LogP contribution in [0.4, 0.5) is 0 Å². The standard InChI is InChI=1S/C15H25NO/c1-12(2)14-8-6-13(7-9-14)11-15(16)5-4-10-17-3/h6-9,12,15H,4-5,10-11,16H2,1-3H3. The van der Waals surface area contributed by atoms with Crippen LogP contribution in [0.2, 0.25) is 0 Å². The van der Waals surface area contributed by atoms with Crippen molar-refractivity contribution in [3.8, 4) is 0 Å². The molecule has 0 radical (unpaired) electrons. The molecule has 0 saturated heterocycles. The molecular weight excluding hydrogens is 210 g/mol. The van der Waals surface area contributed by atoms with E-state index in [-0.39, 0.29) is 6.04 Å². The number of hydrogen-bond donors (Lipinski definition) is 1. The summed E-state index contributed by atoms with van der Waals surface area (Å²) in [7, 11) is 1.73. The van der Waals surface area contributed by atoms with Crippen LogP contribution >= 0.6 is 0 Å². The predicted octanol–water partition coefficient (Wildman–Crippen LogP) is 3.11. The minimum Gasteiger partial charge on any atom is -0.385 e. The summed E-state index contributed by atoms with van der Waals surface area (Å²) in [5, 5.41) is 0. The molecule has 0 bridgehead atoms. The van der Waals surface area contributed by atoms with E-state index in [0.29, 0.717) is 5.92 Å². The van der Waals surface area contributed by atoms with E-state index in [0.717, 1.165) is 25.9 Å². The Labute approximate surface area is 105 Å². The Balaban J connectivity index is 2.40. The lowest BCUT2D eigenvalue weighted by molar-refractivity contribution is 0.190. The van der Waals surface area contributed by atoms with Crippen molar-refractivity contribution in [1.82, 2.24) is 0 Å². The summed E-state index contributed by atoms with van der Waals surface area (Å²) >= 11 is 0. The molecule has 2 heteroatoms. The number of rotatable bonds is 7. The number of methoxy groups -OCH3 is 1. The van der Waals surface area contributed by atoms with Crippen molar-refractivity contribution >= 4 is 0 Å². The van der Waals surface area contributed by atoms with E-state index in [1.165, 1.54) is 11.1 Å². The topological polar surface area (TPSA) is 35.2 Å². The third-order valence-corrected chi connectivity index (χ3v) is 3.07. The van der Waals surface area contributed by atoms with Crippen LogP contribution < -0.4 is 5.73 Å². The Bertz CT molecular complexity index is 305. The van der Waals surface area contributed by atoms with Crippen LogP contribution in [-0.4, -0.2) is 19.8 Å². The van der Waals surface area contributed by atoms with Gasteiger partial charge in [-0.15, -0.1) is 0 Å². The van der Waals surface area contributed by atoms with Gasteiger partial charge in [0.05, 0.1) is 0 Å². The van der Waals surface area contributed by atoms with E-state index >= 15 is 0 Å². The van der Waals surface area contributed by atoms with Crippen molar-refractivity contribution in [2.24, 2.45) is 5.73 Å². The molecule has 1 unspecified atom stereocenters. The van der Waals surface area contributed by atoms with Gasteiger partial charge in [-0.05, 0) is 36.3 Å². The summed E-state index contributed by atoms with van der Waals surface area (Å²) in [4.78, 5) is 0. The normalized spacial score (nSPS) is 13.0. The molecule has 2 nitrogen and oxygen atoms in total. The number of nitrogens with two attached hydrogens (primary N) is 1. The molecular formula is C15H25NO. The second kappa shape index (κ2) is 7.46. The summed E-state index contributed by atoms with van der Waals surface area (Å²) in [6.45, 7) is 5.23. The maximum Gasteiger partial charge on any atom is 0.0462 e. The van der Waals surface area contributed by atoms with Crippen molar-refractivity contribution in [1.29, 1.82) is 0 Å². The fourth-order valence-corrected chi connectivity index (χ4v) is 1.93. The highest BCUT2D eigenvalue weighted by Gasteiger charge is 2.05. The third kappa shape index (κ3) is 5.33. The minimum atomic E-state index is 0.245. The van der Waals surface area contributed by atoms with Crippen LogP contribution in [0.5, 0.6) is 0 Å². The molecule has 1 aromatic carbocycles. The molecule has 0 aromatic heterocycles. The van der Waals surface area contributed by atoms with E-state index in [1.54, 1.807) is 7.11 Å². The molecule has 0 fully saturated rings. The van der Waals surface area contributed by atoms with Gasteiger partial charge < -0.3 is 10.5 Å². The lowest BCUT2D eigenvalue weighted by Gasteiger charge is -2.12. The highest BCUT2D eigenvalue weighted by Crippen LogP contribution is 2.15. The van der Waals surface area contributed by atoms with E-state index < -0.39 is 0 Å². The highest BCUT2D eigenvalue weighted by atomic mass is 16.5. The second-order valence-corrected chi connectivity index (χ2v) is 5.00. The molecule has 96 valence electrons. The van der Waals surface area contributed by atoms with Crippen LogP contribution in [0, 0.1) is 0 Å². The van der Waals surface area contributed by atoms with Gasteiger partial charge in [-0.25, -0.2) is 0 Å². The molecule has 2 N–H and O–H groups in total. The Hall–Kier alpha value is -0.860. The largest absolute Gasteiger partial charge is 0.385 e. The molecule has 1 aromatic rings. The van der Waals surface area contributed by atoms with Gasteiger partial charge >= 0.3 is 0 Å². The first-order chi connectivity index (χ1) is 8.13. The van der Waals surface area contributed by atoms with Gasteiger partial charge in [-0.2, -0.15) is 0 Å². The van der Waals surface area contributed by atoms with E-state index in [2.05, 4.69) is 38.1 Å². The Morgan fingerprint density at radius 2 is 1.82 bits per heavy atom. The number of benzene rings is 1. The molecule has 0 aliphatic carbocycles. The lowest BCUT2D eigenvalue weighted by atomic mass is 9.98. The van der Waals surface area contributed by atoms with Crippen LogP contribution in [0.25, 0.3) is 0 Å². The minimum absolute atomic E-state index is 0.245. The van der Waals surface area contributed by atoms with Gasteiger partial charge in [-0.1, -0.05) is 38.1 Å². The van der Waals surface area contributed by atoms with Gasteiger partial charge in [-0.3, -0.25) is 0 Å². The molecule has 0 aliphatic rings. The molecule has 1 rings (SSSR count). The lowest BCUT2D eigenvalue weighted by Crippen LogP contribution is -2.23. The van der Waals surface area contributed by atoms with Gasteiger partial charge in [0.25, 0.3) is 0 Å². The van der Waals surface area contributed by atoms with Crippen molar-refractivity contribution < 1.29 is 4.74 Å². The van der Waals surface area contributed by atoms with E-state index in [1.807, 2.05) is 0 Å². The van der Waals surface area contributed by atoms with Crippen LogP contribution in [-0.2, 0) is 11.2 Å². The highest BCUT2D eigenvalue weighted by molar-refractivity contribution is 5.25. The SMILES string of the molecule is COCCCC(N)Cc1ccc(C(C)C)cc1. The first kappa shape index (κ1) is 14.2. The third-order valence-electron chi connectivity index (χ3n) is 3.07. The first-order valence-electron chi connectivity index (χ1n) is 6.47. The second-order valence-electron chi connectivity index (χ2n) is 5.00. The van der Waals surface area contributed by atoms with Crippen molar-refractivity contribution in [2.75, 3.05) is 13.7 Å². The van der Waals surface area contributed by atoms with Crippen LogP contribution in [0.3, 0.4) is 0 Å². The average Bonchev–Trinajstić information content (AvgIpc) is 2.30. The van der Waals surface area contributed by atoms with Crippen molar-refractivity contribution in [3.05, 3.63) is 35.4 Å². The molecule has 17 heavy (non-hydrogen) atoms. The maximum absolute atomic E-state index is 6.09.